The number of nitrogens with one attached hydrogen (secondary N) is 1. The Hall–Kier alpha value is -2.59. The number of nitrogens with zero attached hydrogens (tertiary/aromatic N) is 1. The summed E-state index contributed by atoms with van der Waals surface area (Å²) in [6.07, 6.45) is 0. The zero-order valence-corrected chi connectivity index (χ0v) is 13.5. The number of hydrogen-bond acceptors (Lipinski definition) is 3. The summed E-state index contributed by atoms with van der Waals surface area (Å²) in [5.41, 5.74) is 2.79. The number of carbonyl (C=O) groups is 1. The molecule has 0 unspecified atom stereocenters. The fraction of sp³-hybridized carbons (Fsp3) is 0.111. The highest BCUT2D eigenvalue weighted by molar-refractivity contribution is 6.32. The van der Waals surface area contributed by atoms with Gasteiger partial charge in [-0.1, -0.05) is 29.8 Å². The molecule has 0 fully saturated rings. The summed E-state index contributed by atoms with van der Waals surface area (Å²) >= 11 is 6.08. The molecule has 2 aromatic carbocycles. The third-order valence-corrected chi connectivity index (χ3v) is 3.82. The number of fused-ring (bicyclic) bond motifs is 1. The number of benzene rings is 2. The third-order valence-electron chi connectivity index (χ3n) is 3.52. The molecule has 3 aromatic rings. The summed E-state index contributed by atoms with van der Waals surface area (Å²) in [6.45, 7) is 1.92. The number of carbonyl (C=O) groups excluding carboxylic acids is 1. The van der Waals surface area contributed by atoms with Crippen LogP contribution in [0, 0.1) is 6.92 Å². The topological polar surface area (TPSA) is 51.2 Å². The van der Waals surface area contributed by atoms with Crippen molar-refractivity contribution in [1.82, 2.24) is 4.98 Å². The molecule has 5 heteroatoms. The minimum Gasteiger partial charge on any atom is -0.495 e. The van der Waals surface area contributed by atoms with E-state index in [-0.39, 0.29) is 5.91 Å². The molecule has 23 heavy (non-hydrogen) atoms. The summed E-state index contributed by atoms with van der Waals surface area (Å²) in [5.74, 6) is 0.288. The number of methoxy groups -OCH3 is 1. The van der Waals surface area contributed by atoms with Gasteiger partial charge in [0.1, 0.15) is 5.75 Å². The van der Waals surface area contributed by atoms with Crippen molar-refractivity contribution < 1.29 is 9.53 Å². The van der Waals surface area contributed by atoms with Gasteiger partial charge in [-0.25, -0.2) is 0 Å². The predicted molar refractivity (Wildman–Crippen MR) is 92.4 cm³/mol. The monoisotopic (exact) mass is 326 g/mol. The van der Waals surface area contributed by atoms with Crippen molar-refractivity contribution in [2.24, 2.45) is 0 Å². The number of hydrogen-bond donors (Lipinski definition) is 1. The van der Waals surface area contributed by atoms with Crippen LogP contribution in [0.15, 0.2) is 48.5 Å². The van der Waals surface area contributed by atoms with Gasteiger partial charge in [0.05, 0.1) is 23.3 Å². The van der Waals surface area contributed by atoms with Gasteiger partial charge >= 0.3 is 0 Å². The van der Waals surface area contributed by atoms with Crippen LogP contribution in [-0.2, 0) is 0 Å². The van der Waals surface area contributed by atoms with Crippen molar-refractivity contribution in [2.45, 2.75) is 6.92 Å². The predicted octanol–water partition coefficient (Wildman–Crippen LogP) is 4.46. The highest BCUT2D eigenvalue weighted by atomic mass is 35.5. The van der Waals surface area contributed by atoms with Crippen molar-refractivity contribution in [1.29, 1.82) is 0 Å². The van der Waals surface area contributed by atoms with Crippen LogP contribution < -0.4 is 10.1 Å². The average Bonchev–Trinajstić information content (AvgIpc) is 2.55. The SMILES string of the molecule is COc1ccc(C(=O)Nc2cccc3ccc(C)nc23)cc1Cl. The van der Waals surface area contributed by atoms with Gasteiger partial charge in [-0.2, -0.15) is 0 Å². The maximum absolute atomic E-state index is 12.5. The van der Waals surface area contributed by atoms with Crippen LogP contribution in [-0.4, -0.2) is 18.0 Å². The Labute approximate surface area is 139 Å². The molecule has 0 saturated heterocycles. The molecule has 0 aliphatic carbocycles. The van der Waals surface area contributed by atoms with Crippen molar-refractivity contribution >= 4 is 34.1 Å². The van der Waals surface area contributed by atoms with Crippen LogP contribution in [0.1, 0.15) is 16.1 Å². The minimum absolute atomic E-state index is 0.245. The molecule has 0 spiro atoms. The Morgan fingerprint density at radius 3 is 2.74 bits per heavy atom. The Morgan fingerprint density at radius 2 is 2.00 bits per heavy atom. The number of aromatic nitrogens is 1. The smallest absolute Gasteiger partial charge is 0.255 e. The van der Waals surface area contributed by atoms with Crippen LogP contribution in [0.25, 0.3) is 10.9 Å². The van der Waals surface area contributed by atoms with E-state index in [2.05, 4.69) is 10.3 Å². The Bertz CT molecular complexity index is 893. The summed E-state index contributed by atoms with van der Waals surface area (Å²) < 4.78 is 5.10. The van der Waals surface area contributed by atoms with Gasteiger partial charge in [0, 0.05) is 16.6 Å². The minimum atomic E-state index is -0.245. The molecular weight excluding hydrogens is 312 g/mol. The molecule has 116 valence electrons. The lowest BCUT2D eigenvalue weighted by Crippen LogP contribution is -2.12. The first kappa shape index (κ1) is 15.3. The quantitative estimate of drug-likeness (QED) is 0.773. The van der Waals surface area contributed by atoms with Crippen LogP contribution in [0.2, 0.25) is 5.02 Å². The zero-order chi connectivity index (χ0) is 16.4. The van der Waals surface area contributed by atoms with Crippen LogP contribution in [0.3, 0.4) is 0 Å². The summed E-state index contributed by atoms with van der Waals surface area (Å²) in [4.78, 5) is 17.0. The summed E-state index contributed by atoms with van der Waals surface area (Å²) in [6, 6.07) is 14.5. The van der Waals surface area contributed by atoms with Crippen LogP contribution in [0.5, 0.6) is 5.75 Å². The van der Waals surface area contributed by atoms with E-state index in [9.17, 15) is 4.79 Å². The molecule has 4 nitrogen and oxygen atoms in total. The number of ether oxygens (including phenoxy) is 1. The maximum atomic E-state index is 12.5. The van der Waals surface area contributed by atoms with E-state index in [0.717, 1.165) is 16.6 Å². The largest absolute Gasteiger partial charge is 0.495 e. The van der Waals surface area contributed by atoms with Gasteiger partial charge in [-0.3, -0.25) is 9.78 Å². The molecular formula is C18H15ClN2O2. The summed E-state index contributed by atoms with van der Waals surface area (Å²) in [5, 5.41) is 4.26. The van der Waals surface area contributed by atoms with Gasteiger partial charge < -0.3 is 10.1 Å². The van der Waals surface area contributed by atoms with E-state index in [0.29, 0.717) is 22.0 Å². The second kappa shape index (κ2) is 6.26. The first-order valence-electron chi connectivity index (χ1n) is 7.10. The van der Waals surface area contributed by atoms with E-state index in [4.69, 9.17) is 16.3 Å². The number of para-hydroxylation sites is 1. The molecule has 1 heterocycles. The van der Waals surface area contributed by atoms with Crippen molar-refractivity contribution in [3.8, 4) is 5.75 Å². The second-order valence-corrected chi connectivity index (χ2v) is 5.54. The fourth-order valence-corrected chi connectivity index (χ4v) is 2.61. The van der Waals surface area contributed by atoms with Gasteiger partial charge in [-0.15, -0.1) is 0 Å². The molecule has 1 N–H and O–H groups in total. The molecule has 0 atom stereocenters. The molecule has 3 rings (SSSR count). The maximum Gasteiger partial charge on any atom is 0.255 e. The lowest BCUT2D eigenvalue weighted by Gasteiger charge is -2.10. The Balaban J connectivity index is 1.94. The number of amides is 1. The molecule has 0 bridgehead atoms. The van der Waals surface area contributed by atoms with Gasteiger partial charge in [0.15, 0.2) is 0 Å². The summed E-state index contributed by atoms with van der Waals surface area (Å²) in [7, 11) is 1.53. The molecule has 0 aliphatic heterocycles. The molecule has 1 amide bonds. The second-order valence-electron chi connectivity index (χ2n) is 5.13. The Morgan fingerprint density at radius 1 is 1.17 bits per heavy atom. The fourth-order valence-electron chi connectivity index (χ4n) is 2.35. The third kappa shape index (κ3) is 3.12. The first-order chi connectivity index (χ1) is 11.1. The molecule has 0 radical (unpaired) electrons. The lowest BCUT2D eigenvalue weighted by molar-refractivity contribution is 0.102. The van der Waals surface area contributed by atoms with E-state index >= 15 is 0 Å². The molecule has 1 aromatic heterocycles. The number of pyridine rings is 1. The zero-order valence-electron chi connectivity index (χ0n) is 12.8. The average molecular weight is 327 g/mol. The van der Waals surface area contributed by atoms with E-state index < -0.39 is 0 Å². The van der Waals surface area contributed by atoms with E-state index in [1.807, 2.05) is 37.3 Å². The number of halogens is 1. The van der Waals surface area contributed by atoms with E-state index in [1.165, 1.54) is 7.11 Å². The molecule has 0 aliphatic rings. The lowest BCUT2D eigenvalue weighted by atomic mass is 10.1. The number of aryl methyl sites for hydroxylation is 1. The highest BCUT2D eigenvalue weighted by Crippen LogP contribution is 2.26. The van der Waals surface area contributed by atoms with Crippen molar-refractivity contribution in [3.05, 3.63) is 64.8 Å². The number of rotatable bonds is 3. The van der Waals surface area contributed by atoms with Gasteiger partial charge in [-0.05, 0) is 37.3 Å². The highest BCUT2D eigenvalue weighted by Gasteiger charge is 2.11. The normalized spacial score (nSPS) is 10.6. The standard InChI is InChI=1S/C18H15ClN2O2/c1-11-6-7-12-4-3-5-15(17(12)20-11)21-18(22)13-8-9-16(23-2)14(19)10-13/h3-10H,1-2H3,(H,21,22). The van der Waals surface area contributed by atoms with Gasteiger partial charge in [0.25, 0.3) is 5.91 Å². The van der Waals surface area contributed by atoms with Crippen LogP contribution in [0.4, 0.5) is 5.69 Å². The first-order valence-corrected chi connectivity index (χ1v) is 7.47. The van der Waals surface area contributed by atoms with Crippen molar-refractivity contribution in [3.63, 3.8) is 0 Å². The van der Waals surface area contributed by atoms with Crippen LogP contribution >= 0.6 is 11.6 Å². The Kier molecular flexibility index (Phi) is 4.17. The molecule has 0 saturated carbocycles. The number of anilines is 1. The van der Waals surface area contributed by atoms with E-state index in [1.54, 1.807) is 18.2 Å². The van der Waals surface area contributed by atoms with Crippen molar-refractivity contribution in [2.75, 3.05) is 12.4 Å². The van der Waals surface area contributed by atoms with Gasteiger partial charge in [0.2, 0.25) is 0 Å².